The molecule has 0 aromatic carbocycles. The molecule has 7 heteroatoms. The molecule has 0 radical (unpaired) electrons. The molecule has 0 atom stereocenters. The third-order valence-electron chi connectivity index (χ3n) is 3.17. The number of hydrogen-bond donors (Lipinski definition) is 0. The highest BCUT2D eigenvalue weighted by atomic mass is 32.2. The quantitative estimate of drug-likeness (QED) is 0.697. The van der Waals surface area contributed by atoms with E-state index in [1.165, 1.54) is 4.31 Å². The molecule has 0 N–H and O–H groups in total. The zero-order valence-corrected chi connectivity index (χ0v) is 11.5. The summed E-state index contributed by atoms with van der Waals surface area (Å²) in [4.78, 5) is 11.4. The largest absolute Gasteiger partial charge is 0.466 e. The zero-order chi connectivity index (χ0) is 13.8. The van der Waals surface area contributed by atoms with E-state index in [1.54, 1.807) is 6.92 Å². The van der Waals surface area contributed by atoms with E-state index >= 15 is 0 Å². The molecule has 1 fully saturated rings. The lowest BCUT2D eigenvalue weighted by molar-refractivity contribution is -0.145. The van der Waals surface area contributed by atoms with Gasteiger partial charge in [-0.25, -0.2) is 12.7 Å². The minimum absolute atomic E-state index is 0.0366. The van der Waals surface area contributed by atoms with Crippen molar-refractivity contribution >= 4 is 16.0 Å². The summed E-state index contributed by atoms with van der Waals surface area (Å²) in [6.07, 6.45) is 1.93. The van der Waals surface area contributed by atoms with Gasteiger partial charge in [-0.2, -0.15) is 5.26 Å². The van der Waals surface area contributed by atoms with Gasteiger partial charge in [0.25, 0.3) is 0 Å². The van der Waals surface area contributed by atoms with Crippen LogP contribution in [0.2, 0.25) is 0 Å². The topological polar surface area (TPSA) is 87.5 Å². The Morgan fingerprint density at radius 1 is 1.44 bits per heavy atom. The number of nitriles is 1. The highest BCUT2D eigenvalue weighted by molar-refractivity contribution is 7.88. The van der Waals surface area contributed by atoms with Gasteiger partial charge in [-0.3, -0.25) is 4.79 Å². The van der Waals surface area contributed by atoms with Crippen LogP contribution < -0.4 is 0 Å². The molecule has 0 aromatic rings. The Labute approximate surface area is 108 Å². The Morgan fingerprint density at radius 2 is 2.00 bits per heavy atom. The van der Waals surface area contributed by atoms with Crippen LogP contribution in [0.15, 0.2) is 0 Å². The molecule has 1 aliphatic heterocycles. The molecular weight excluding hydrogens is 256 g/mol. The first-order chi connectivity index (χ1) is 8.33. The van der Waals surface area contributed by atoms with Crippen molar-refractivity contribution in [1.82, 2.24) is 4.31 Å². The Balaban J connectivity index is 2.67. The first-order valence-electron chi connectivity index (χ1n) is 5.85. The standard InChI is InChI=1S/C11H18N2O4S/c1-3-17-10(14)8-11(9-12)4-6-13(7-5-11)18(2,15)16/h3-8H2,1-2H3. The molecule has 0 aromatic heterocycles. The van der Waals surface area contributed by atoms with Crippen molar-refractivity contribution in [1.29, 1.82) is 5.26 Å². The molecule has 6 nitrogen and oxygen atoms in total. The molecule has 18 heavy (non-hydrogen) atoms. The third kappa shape index (κ3) is 3.68. The number of sulfonamides is 1. The average Bonchev–Trinajstić information content (AvgIpc) is 2.28. The van der Waals surface area contributed by atoms with Gasteiger partial charge in [0.2, 0.25) is 10.0 Å². The maximum absolute atomic E-state index is 11.4. The van der Waals surface area contributed by atoms with Crippen molar-refractivity contribution in [3.63, 3.8) is 0 Å². The van der Waals surface area contributed by atoms with Gasteiger partial charge < -0.3 is 4.74 Å². The second-order valence-corrected chi connectivity index (χ2v) is 6.52. The summed E-state index contributed by atoms with van der Waals surface area (Å²) in [5, 5.41) is 9.22. The van der Waals surface area contributed by atoms with E-state index < -0.39 is 21.4 Å². The lowest BCUT2D eigenvalue weighted by Crippen LogP contribution is -2.43. The minimum atomic E-state index is -3.22. The molecule has 0 aliphatic carbocycles. The molecule has 0 bridgehead atoms. The van der Waals surface area contributed by atoms with E-state index in [4.69, 9.17) is 4.74 Å². The predicted molar refractivity (Wildman–Crippen MR) is 64.9 cm³/mol. The van der Waals surface area contributed by atoms with E-state index in [9.17, 15) is 18.5 Å². The van der Waals surface area contributed by atoms with Gasteiger partial charge in [-0.1, -0.05) is 0 Å². The highest BCUT2D eigenvalue weighted by Crippen LogP contribution is 2.35. The SMILES string of the molecule is CCOC(=O)CC1(C#N)CCN(S(C)(=O)=O)CC1. The minimum Gasteiger partial charge on any atom is -0.466 e. The number of nitrogens with zero attached hydrogens (tertiary/aromatic N) is 2. The van der Waals surface area contributed by atoms with E-state index in [0.29, 0.717) is 12.8 Å². The Bertz CT molecular complexity index is 444. The summed E-state index contributed by atoms with van der Waals surface area (Å²) >= 11 is 0. The van der Waals surface area contributed by atoms with Crippen molar-refractivity contribution < 1.29 is 17.9 Å². The maximum atomic E-state index is 11.4. The summed E-state index contributed by atoms with van der Waals surface area (Å²) in [7, 11) is -3.22. The first kappa shape index (κ1) is 14.9. The van der Waals surface area contributed by atoms with Crippen molar-refractivity contribution in [2.45, 2.75) is 26.2 Å². The van der Waals surface area contributed by atoms with Crippen molar-refractivity contribution in [3.05, 3.63) is 0 Å². The molecule has 0 amide bonds. The molecule has 102 valence electrons. The summed E-state index contributed by atoms with van der Waals surface area (Å²) in [6, 6.07) is 2.16. The fourth-order valence-corrected chi connectivity index (χ4v) is 2.91. The molecular formula is C11H18N2O4S. The summed E-state index contributed by atoms with van der Waals surface area (Å²) in [5.41, 5.74) is -0.784. The zero-order valence-electron chi connectivity index (χ0n) is 10.7. The Morgan fingerprint density at radius 3 is 2.39 bits per heavy atom. The summed E-state index contributed by atoms with van der Waals surface area (Å²) in [6.45, 7) is 2.57. The average molecular weight is 274 g/mol. The summed E-state index contributed by atoms with van der Waals surface area (Å²) < 4.78 is 28.9. The first-order valence-corrected chi connectivity index (χ1v) is 7.70. The van der Waals surface area contributed by atoms with Crippen LogP contribution >= 0.6 is 0 Å². The van der Waals surface area contributed by atoms with Crippen LogP contribution in [-0.4, -0.2) is 44.6 Å². The molecule has 1 saturated heterocycles. The Hall–Kier alpha value is -1.13. The van der Waals surface area contributed by atoms with Gasteiger partial charge >= 0.3 is 5.97 Å². The summed E-state index contributed by atoms with van der Waals surface area (Å²) in [5.74, 6) is -0.396. The third-order valence-corrected chi connectivity index (χ3v) is 4.48. The van der Waals surface area contributed by atoms with Crippen molar-refractivity contribution in [3.8, 4) is 6.07 Å². The second-order valence-electron chi connectivity index (χ2n) is 4.54. The van der Waals surface area contributed by atoms with Crippen LogP contribution in [0, 0.1) is 16.7 Å². The molecule has 1 rings (SSSR count). The Kier molecular flexibility index (Phi) is 4.71. The highest BCUT2D eigenvalue weighted by Gasteiger charge is 2.39. The van der Waals surface area contributed by atoms with Crippen LogP contribution in [0.25, 0.3) is 0 Å². The second kappa shape index (κ2) is 5.67. The van der Waals surface area contributed by atoms with E-state index in [2.05, 4.69) is 6.07 Å². The molecule has 0 unspecified atom stereocenters. The number of ether oxygens (including phenoxy) is 1. The lowest BCUT2D eigenvalue weighted by atomic mass is 9.77. The van der Waals surface area contributed by atoms with E-state index in [-0.39, 0.29) is 26.1 Å². The van der Waals surface area contributed by atoms with Gasteiger partial charge in [0.15, 0.2) is 0 Å². The normalized spacial score (nSPS) is 20.1. The predicted octanol–water partition coefficient (Wildman–Crippen LogP) is 0.505. The van der Waals surface area contributed by atoms with Crippen LogP contribution in [0.5, 0.6) is 0 Å². The number of piperidine rings is 1. The van der Waals surface area contributed by atoms with Gasteiger partial charge in [0.1, 0.15) is 0 Å². The van der Waals surface area contributed by atoms with E-state index in [1.807, 2.05) is 0 Å². The molecule has 1 heterocycles. The van der Waals surface area contributed by atoms with Crippen LogP contribution in [-0.2, 0) is 19.6 Å². The fourth-order valence-electron chi connectivity index (χ4n) is 2.06. The van der Waals surface area contributed by atoms with Crippen LogP contribution in [0.1, 0.15) is 26.2 Å². The van der Waals surface area contributed by atoms with Crippen LogP contribution in [0.3, 0.4) is 0 Å². The van der Waals surface area contributed by atoms with Gasteiger partial charge in [0, 0.05) is 13.1 Å². The van der Waals surface area contributed by atoms with Gasteiger partial charge in [0.05, 0.1) is 30.8 Å². The molecule has 1 aliphatic rings. The number of rotatable bonds is 4. The van der Waals surface area contributed by atoms with Gasteiger partial charge in [-0.15, -0.1) is 0 Å². The van der Waals surface area contributed by atoms with E-state index in [0.717, 1.165) is 6.26 Å². The molecule has 0 saturated carbocycles. The van der Waals surface area contributed by atoms with Crippen LogP contribution in [0.4, 0.5) is 0 Å². The lowest BCUT2D eigenvalue weighted by Gasteiger charge is -2.35. The van der Waals surface area contributed by atoms with Crippen molar-refractivity contribution in [2.75, 3.05) is 26.0 Å². The number of esters is 1. The monoisotopic (exact) mass is 274 g/mol. The number of carbonyl (C=O) groups is 1. The van der Waals surface area contributed by atoms with Crippen molar-refractivity contribution in [2.24, 2.45) is 5.41 Å². The smallest absolute Gasteiger partial charge is 0.307 e. The maximum Gasteiger partial charge on any atom is 0.307 e. The van der Waals surface area contributed by atoms with Gasteiger partial charge in [-0.05, 0) is 19.8 Å². The fraction of sp³-hybridized carbons (Fsp3) is 0.818. The molecule has 0 spiro atoms. The number of hydrogen-bond acceptors (Lipinski definition) is 5. The number of carbonyl (C=O) groups excluding carboxylic acids is 1.